The van der Waals surface area contributed by atoms with Gasteiger partial charge in [0.15, 0.2) is 0 Å². The molecule has 15 heteroatoms. The first kappa shape index (κ1) is 34.3. The summed E-state index contributed by atoms with van der Waals surface area (Å²) >= 11 is 0. The van der Waals surface area contributed by atoms with Gasteiger partial charge < -0.3 is 29.5 Å². The van der Waals surface area contributed by atoms with Crippen molar-refractivity contribution < 1.29 is 32.6 Å². The molecule has 0 saturated carbocycles. The Morgan fingerprint density at radius 2 is 1.92 bits per heavy atom. The molecule has 8 rings (SSSR count). The van der Waals surface area contributed by atoms with E-state index in [1.807, 2.05) is 11.8 Å². The van der Waals surface area contributed by atoms with Crippen LogP contribution in [-0.4, -0.2) is 108 Å². The number of aryl methyl sites for hydroxylation is 1. The number of urea groups is 1. The predicted molar refractivity (Wildman–Crippen MR) is 189 cm³/mol. The standard InChI is InChI=1S/C37H44F2N8O5/c1-4-25-27(39)8-7-22-15-24(52-35(50)44(2)3)16-29(30(22)25)45-14-9-26-28(19-45)40-34(51-21-36-10-5-13-47(36)18-23(38)17-36)41-31(26)46-12-6-11-37(20-46)32(48)42-33(49)43-37/h7-8,15-16,23H,4-6,9-14,17-21H2,1-3H3,(H2,42,43,48,49)/t23-,36+,37-/m1/s1. The number of carbonyl (C=O) groups is 3. The second-order valence-corrected chi connectivity index (χ2v) is 15.0. The van der Waals surface area contributed by atoms with Crippen LogP contribution in [0.15, 0.2) is 24.3 Å². The Morgan fingerprint density at radius 1 is 1.10 bits per heavy atom. The molecule has 5 aliphatic heterocycles. The molecule has 5 aliphatic rings. The molecule has 0 unspecified atom stereocenters. The molecule has 2 N–H and O–H groups in total. The molecule has 276 valence electrons. The third kappa shape index (κ3) is 5.92. The van der Waals surface area contributed by atoms with Crippen LogP contribution in [0.25, 0.3) is 10.8 Å². The van der Waals surface area contributed by atoms with E-state index in [0.717, 1.165) is 35.7 Å². The molecule has 4 amide bonds. The van der Waals surface area contributed by atoms with Gasteiger partial charge in [-0.25, -0.2) is 18.4 Å². The van der Waals surface area contributed by atoms with Gasteiger partial charge in [-0.1, -0.05) is 13.0 Å². The molecule has 0 aliphatic carbocycles. The van der Waals surface area contributed by atoms with Crippen molar-refractivity contribution in [2.75, 3.05) is 63.2 Å². The first-order valence-corrected chi connectivity index (χ1v) is 18.2. The normalized spacial score (nSPS) is 25.7. The number of piperidine rings is 1. The van der Waals surface area contributed by atoms with Crippen molar-refractivity contribution in [2.24, 2.45) is 0 Å². The molecule has 0 bridgehead atoms. The summed E-state index contributed by atoms with van der Waals surface area (Å²) in [6.07, 6.45) is 2.92. The lowest BCUT2D eigenvalue weighted by atomic mass is 9.88. The molecule has 0 radical (unpaired) electrons. The van der Waals surface area contributed by atoms with Crippen molar-refractivity contribution in [2.45, 2.75) is 75.7 Å². The van der Waals surface area contributed by atoms with E-state index >= 15 is 4.39 Å². The third-order valence-corrected chi connectivity index (χ3v) is 11.4. The predicted octanol–water partition coefficient (Wildman–Crippen LogP) is 4.09. The largest absolute Gasteiger partial charge is 0.461 e. The average Bonchev–Trinajstić information content (AvgIpc) is 3.74. The number of anilines is 2. The molecule has 1 aromatic heterocycles. The molecular weight excluding hydrogens is 674 g/mol. The zero-order chi connectivity index (χ0) is 36.4. The Balaban J connectivity index is 1.18. The van der Waals surface area contributed by atoms with Crippen LogP contribution in [0.2, 0.25) is 0 Å². The van der Waals surface area contributed by atoms with Gasteiger partial charge in [0, 0.05) is 62.9 Å². The van der Waals surface area contributed by atoms with Crippen molar-refractivity contribution in [3.8, 4) is 11.8 Å². The van der Waals surface area contributed by atoms with Crippen LogP contribution in [-0.2, 0) is 24.2 Å². The number of amides is 4. The van der Waals surface area contributed by atoms with Crippen LogP contribution in [0.5, 0.6) is 11.8 Å². The summed E-state index contributed by atoms with van der Waals surface area (Å²) in [6, 6.07) is 6.33. The fraction of sp³-hybridized carbons (Fsp3) is 0.541. The Hall–Kier alpha value is -4.79. The first-order chi connectivity index (χ1) is 25.0. The molecule has 13 nitrogen and oxygen atoms in total. The lowest BCUT2D eigenvalue weighted by Gasteiger charge is -2.40. The summed E-state index contributed by atoms with van der Waals surface area (Å²) in [5.41, 5.74) is 1.41. The van der Waals surface area contributed by atoms with Gasteiger partial charge in [-0.15, -0.1) is 0 Å². The molecule has 1 spiro atoms. The maximum absolute atomic E-state index is 15.3. The highest BCUT2D eigenvalue weighted by atomic mass is 19.1. The Bertz CT molecular complexity index is 1960. The average molecular weight is 719 g/mol. The Labute approximate surface area is 300 Å². The van der Waals surface area contributed by atoms with E-state index in [2.05, 4.69) is 20.4 Å². The van der Waals surface area contributed by atoms with E-state index in [1.54, 1.807) is 32.3 Å². The smallest absolute Gasteiger partial charge is 0.414 e. The fourth-order valence-corrected chi connectivity index (χ4v) is 8.93. The highest BCUT2D eigenvalue weighted by molar-refractivity contribution is 6.07. The Kier molecular flexibility index (Phi) is 8.58. The number of ether oxygens (including phenoxy) is 2. The first-order valence-electron chi connectivity index (χ1n) is 18.2. The van der Waals surface area contributed by atoms with E-state index in [1.165, 1.54) is 11.0 Å². The number of rotatable bonds is 7. The minimum atomic E-state index is -1.07. The van der Waals surface area contributed by atoms with Crippen LogP contribution >= 0.6 is 0 Å². The monoisotopic (exact) mass is 718 g/mol. The minimum absolute atomic E-state index is 0.164. The number of fused-ring (bicyclic) bond motifs is 3. The topological polar surface area (TPSA) is 132 Å². The molecule has 6 heterocycles. The molecular formula is C37H44F2N8O5. The summed E-state index contributed by atoms with van der Waals surface area (Å²) in [5.74, 6) is 0.321. The number of nitrogens with one attached hydrogen (secondary N) is 2. The Morgan fingerprint density at radius 3 is 2.69 bits per heavy atom. The van der Waals surface area contributed by atoms with Gasteiger partial charge in [-0.05, 0) is 68.2 Å². The summed E-state index contributed by atoms with van der Waals surface area (Å²) in [7, 11) is 3.22. The van der Waals surface area contributed by atoms with Gasteiger partial charge >= 0.3 is 18.1 Å². The number of halogens is 2. The highest BCUT2D eigenvalue weighted by Crippen LogP contribution is 2.42. The van der Waals surface area contributed by atoms with Crippen molar-refractivity contribution >= 4 is 40.3 Å². The number of carbonyl (C=O) groups excluding carboxylic acids is 3. The molecule has 4 saturated heterocycles. The number of imide groups is 1. The maximum atomic E-state index is 15.3. The van der Waals surface area contributed by atoms with Crippen LogP contribution in [0.1, 0.15) is 55.8 Å². The zero-order valence-electron chi connectivity index (χ0n) is 29.8. The van der Waals surface area contributed by atoms with Crippen LogP contribution in [0.4, 0.5) is 29.9 Å². The number of hydrogen-bond acceptors (Lipinski definition) is 10. The number of alkyl halides is 1. The fourth-order valence-electron chi connectivity index (χ4n) is 8.93. The van der Waals surface area contributed by atoms with E-state index in [0.29, 0.717) is 86.8 Å². The molecule has 3 atom stereocenters. The zero-order valence-corrected chi connectivity index (χ0v) is 29.8. The SMILES string of the molecule is CCc1c(F)ccc2cc(OC(=O)N(C)C)cc(N3CCc4c(nc(OC[C@@]56CCCN5C[C@H](F)C6)nc4N4CCC[C@]5(C4)NC(=O)NC5=O)C3)c12. The number of nitrogens with zero attached hydrogens (tertiary/aromatic N) is 6. The van der Waals surface area contributed by atoms with Crippen molar-refractivity contribution in [3.63, 3.8) is 0 Å². The van der Waals surface area contributed by atoms with E-state index in [-0.39, 0.29) is 30.9 Å². The van der Waals surface area contributed by atoms with E-state index < -0.39 is 29.4 Å². The number of benzene rings is 2. The lowest BCUT2D eigenvalue weighted by molar-refractivity contribution is -0.124. The van der Waals surface area contributed by atoms with Gasteiger partial charge in [0.05, 0.1) is 24.3 Å². The molecule has 2 aromatic carbocycles. The molecule has 3 aromatic rings. The third-order valence-electron chi connectivity index (χ3n) is 11.4. The number of aromatic nitrogens is 2. The van der Waals surface area contributed by atoms with Gasteiger partial charge in [-0.2, -0.15) is 9.97 Å². The van der Waals surface area contributed by atoms with Crippen molar-refractivity contribution in [1.29, 1.82) is 0 Å². The maximum Gasteiger partial charge on any atom is 0.414 e. The quantitative estimate of drug-likeness (QED) is 0.345. The van der Waals surface area contributed by atoms with E-state index in [9.17, 15) is 18.8 Å². The van der Waals surface area contributed by atoms with Crippen LogP contribution in [0, 0.1) is 5.82 Å². The van der Waals surface area contributed by atoms with E-state index in [4.69, 9.17) is 19.4 Å². The second-order valence-electron chi connectivity index (χ2n) is 15.0. The molecule has 52 heavy (non-hydrogen) atoms. The highest BCUT2D eigenvalue weighted by Gasteiger charge is 2.51. The van der Waals surface area contributed by atoms with Gasteiger partial charge in [0.2, 0.25) is 0 Å². The summed E-state index contributed by atoms with van der Waals surface area (Å²) in [4.78, 5) is 55.4. The second kappa shape index (κ2) is 13.0. The summed E-state index contributed by atoms with van der Waals surface area (Å²) in [6.45, 7) is 5.08. The van der Waals surface area contributed by atoms with Crippen molar-refractivity contribution in [1.82, 2.24) is 30.4 Å². The van der Waals surface area contributed by atoms with Gasteiger partial charge in [0.25, 0.3) is 5.91 Å². The van der Waals surface area contributed by atoms with Gasteiger partial charge in [0.1, 0.15) is 35.7 Å². The van der Waals surface area contributed by atoms with Crippen LogP contribution in [0.3, 0.4) is 0 Å². The minimum Gasteiger partial charge on any atom is -0.461 e. The van der Waals surface area contributed by atoms with Gasteiger partial charge in [-0.3, -0.25) is 15.0 Å². The summed E-state index contributed by atoms with van der Waals surface area (Å²) in [5, 5.41) is 6.74. The summed E-state index contributed by atoms with van der Waals surface area (Å²) < 4.78 is 42.1. The van der Waals surface area contributed by atoms with Crippen LogP contribution < -0.4 is 29.9 Å². The number of hydrogen-bond donors (Lipinski definition) is 2. The lowest BCUT2D eigenvalue weighted by Crippen LogP contribution is -2.59. The molecule has 4 fully saturated rings. The van der Waals surface area contributed by atoms with Crippen molar-refractivity contribution in [3.05, 3.63) is 46.9 Å².